The SMILES string of the molecule is CC(C)(C)OC(=O)N1CCC(c2ncc(F)c(OCc3ccc(C#N)cc3F)n2)CC1. The van der Waals surface area contributed by atoms with E-state index in [1.165, 1.54) is 12.1 Å². The molecule has 0 aliphatic carbocycles. The molecule has 0 radical (unpaired) electrons. The molecule has 3 rings (SSSR count). The van der Waals surface area contributed by atoms with Gasteiger partial charge in [0.2, 0.25) is 5.82 Å². The van der Waals surface area contributed by atoms with E-state index in [4.69, 9.17) is 14.7 Å². The lowest BCUT2D eigenvalue weighted by Gasteiger charge is -2.32. The number of nitriles is 1. The van der Waals surface area contributed by atoms with Gasteiger partial charge in [-0.2, -0.15) is 14.6 Å². The van der Waals surface area contributed by atoms with Crippen LogP contribution in [0.15, 0.2) is 24.4 Å². The van der Waals surface area contributed by atoms with Gasteiger partial charge in [0.1, 0.15) is 23.8 Å². The maximum atomic E-state index is 14.1. The van der Waals surface area contributed by atoms with E-state index in [-0.39, 0.29) is 35.6 Å². The molecule has 1 fully saturated rings. The molecule has 0 bridgehead atoms. The van der Waals surface area contributed by atoms with Gasteiger partial charge in [0, 0.05) is 24.6 Å². The van der Waals surface area contributed by atoms with E-state index in [0.29, 0.717) is 31.8 Å². The highest BCUT2D eigenvalue weighted by Crippen LogP contribution is 2.28. The predicted molar refractivity (Wildman–Crippen MR) is 107 cm³/mol. The minimum Gasteiger partial charge on any atom is -0.471 e. The molecular weight excluding hydrogens is 406 g/mol. The standard InChI is InChI=1S/C22H24F2N4O3/c1-22(2,3)31-21(29)28-8-6-15(7-9-28)19-26-12-18(24)20(27-19)30-13-16-5-4-14(11-25)10-17(16)23/h4-5,10,12,15H,6-9,13H2,1-3H3. The zero-order valence-electron chi connectivity index (χ0n) is 17.7. The van der Waals surface area contributed by atoms with Crippen molar-refractivity contribution in [3.63, 3.8) is 0 Å². The average molecular weight is 430 g/mol. The summed E-state index contributed by atoms with van der Waals surface area (Å²) in [4.78, 5) is 22.1. The Labute approximate surface area is 179 Å². The van der Waals surface area contributed by atoms with E-state index >= 15 is 0 Å². The molecule has 1 aliphatic heterocycles. The number of aromatic nitrogens is 2. The highest BCUT2D eigenvalue weighted by Gasteiger charge is 2.29. The second-order valence-corrected chi connectivity index (χ2v) is 8.33. The Balaban J connectivity index is 1.63. The third kappa shape index (κ3) is 5.87. The molecule has 0 unspecified atom stereocenters. The fraction of sp³-hybridized carbons (Fsp3) is 0.455. The maximum Gasteiger partial charge on any atom is 0.410 e. The van der Waals surface area contributed by atoms with Gasteiger partial charge >= 0.3 is 6.09 Å². The van der Waals surface area contributed by atoms with Crippen molar-refractivity contribution in [1.29, 1.82) is 5.26 Å². The van der Waals surface area contributed by atoms with Crippen molar-refractivity contribution in [1.82, 2.24) is 14.9 Å². The molecular formula is C22H24F2N4O3. The van der Waals surface area contributed by atoms with Crippen molar-refractivity contribution in [2.45, 2.75) is 51.7 Å². The van der Waals surface area contributed by atoms with E-state index in [9.17, 15) is 13.6 Å². The maximum absolute atomic E-state index is 14.1. The fourth-order valence-corrected chi connectivity index (χ4v) is 3.19. The van der Waals surface area contributed by atoms with Crippen LogP contribution in [-0.2, 0) is 11.3 Å². The molecule has 0 spiro atoms. The number of carbonyl (C=O) groups is 1. The molecule has 9 heteroatoms. The summed E-state index contributed by atoms with van der Waals surface area (Å²) in [6, 6.07) is 5.82. The van der Waals surface area contributed by atoms with Gasteiger partial charge in [-0.1, -0.05) is 6.07 Å². The zero-order valence-corrected chi connectivity index (χ0v) is 17.7. The third-order valence-electron chi connectivity index (χ3n) is 4.79. The van der Waals surface area contributed by atoms with Crippen LogP contribution in [0.3, 0.4) is 0 Å². The van der Waals surface area contributed by atoms with E-state index in [2.05, 4.69) is 9.97 Å². The Morgan fingerprint density at radius 1 is 1.26 bits per heavy atom. The van der Waals surface area contributed by atoms with E-state index in [1.54, 1.807) is 4.90 Å². The lowest BCUT2D eigenvalue weighted by atomic mass is 9.96. The largest absolute Gasteiger partial charge is 0.471 e. The Kier molecular flexibility index (Phi) is 6.68. The van der Waals surface area contributed by atoms with Crippen LogP contribution in [0.25, 0.3) is 0 Å². The van der Waals surface area contributed by atoms with Crippen molar-refractivity contribution >= 4 is 6.09 Å². The first kappa shape index (κ1) is 22.4. The summed E-state index contributed by atoms with van der Waals surface area (Å²) in [5, 5.41) is 8.80. The summed E-state index contributed by atoms with van der Waals surface area (Å²) in [5.41, 5.74) is -0.187. The highest BCUT2D eigenvalue weighted by molar-refractivity contribution is 5.68. The van der Waals surface area contributed by atoms with Crippen molar-refractivity contribution in [3.05, 3.63) is 53.0 Å². The normalized spacial score (nSPS) is 14.8. The van der Waals surface area contributed by atoms with Gasteiger partial charge in [0.05, 0.1) is 17.8 Å². The van der Waals surface area contributed by atoms with Gasteiger partial charge in [0.25, 0.3) is 5.88 Å². The molecule has 164 valence electrons. The van der Waals surface area contributed by atoms with Crippen LogP contribution in [0.2, 0.25) is 0 Å². The number of nitrogens with zero attached hydrogens (tertiary/aromatic N) is 4. The number of hydrogen-bond donors (Lipinski definition) is 0. The Bertz CT molecular complexity index is 993. The number of amides is 1. The second-order valence-electron chi connectivity index (χ2n) is 8.33. The molecule has 2 heterocycles. The van der Waals surface area contributed by atoms with Gasteiger partial charge in [-0.25, -0.2) is 14.2 Å². The lowest BCUT2D eigenvalue weighted by molar-refractivity contribution is 0.0203. The molecule has 1 aromatic carbocycles. The first-order valence-corrected chi connectivity index (χ1v) is 9.98. The summed E-state index contributed by atoms with van der Waals surface area (Å²) in [7, 11) is 0. The molecule has 0 N–H and O–H groups in total. The number of benzene rings is 1. The molecule has 7 nitrogen and oxygen atoms in total. The minimum absolute atomic E-state index is 0.0618. The fourth-order valence-electron chi connectivity index (χ4n) is 3.19. The second kappa shape index (κ2) is 9.25. The van der Waals surface area contributed by atoms with E-state index < -0.39 is 17.2 Å². The molecule has 1 amide bonds. The van der Waals surface area contributed by atoms with Gasteiger partial charge in [-0.3, -0.25) is 0 Å². The van der Waals surface area contributed by atoms with E-state index in [0.717, 1.165) is 12.3 Å². The smallest absolute Gasteiger partial charge is 0.410 e. The van der Waals surface area contributed by atoms with Gasteiger partial charge in [0.15, 0.2) is 0 Å². The number of halogens is 2. The summed E-state index contributed by atoms with van der Waals surface area (Å²) in [6.07, 6.45) is 1.88. The number of carbonyl (C=O) groups excluding carboxylic acids is 1. The van der Waals surface area contributed by atoms with Crippen LogP contribution in [0, 0.1) is 23.0 Å². The van der Waals surface area contributed by atoms with Gasteiger partial charge < -0.3 is 14.4 Å². The highest BCUT2D eigenvalue weighted by atomic mass is 19.1. The average Bonchev–Trinajstić information content (AvgIpc) is 2.72. The first-order chi connectivity index (χ1) is 14.7. The molecule has 0 atom stereocenters. The minimum atomic E-state index is -0.746. The van der Waals surface area contributed by atoms with Crippen molar-refractivity contribution in [3.8, 4) is 11.9 Å². The topological polar surface area (TPSA) is 88.3 Å². The Hall–Kier alpha value is -3.28. The van der Waals surface area contributed by atoms with Crippen LogP contribution in [0.4, 0.5) is 13.6 Å². The zero-order chi connectivity index (χ0) is 22.6. The van der Waals surface area contributed by atoms with Crippen LogP contribution in [0.1, 0.15) is 56.5 Å². The van der Waals surface area contributed by atoms with Gasteiger partial charge in [-0.05, 0) is 45.7 Å². The summed E-state index contributed by atoms with van der Waals surface area (Å²) in [6.45, 7) is 6.17. The molecule has 1 aromatic heterocycles. The Morgan fingerprint density at radius 3 is 2.58 bits per heavy atom. The van der Waals surface area contributed by atoms with Crippen molar-refractivity contribution in [2.75, 3.05) is 13.1 Å². The van der Waals surface area contributed by atoms with Crippen LogP contribution in [-0.4, -0.2) is 39.7 Å². The Morgan fingerprint density at radius 2 is 1.97 bits per heavy atom. The monoisotopic (exact) mass is 430 g/mol. The third-order valence-corrected chi connectivity index (χ3v) is 4.79. The quantitative estimate of drug-likeness (QED) is 0.718. The number of likely N-dealkylation sites (tertiary alicyclic amines) is 1. The lowest BCUT2D eigenvalue weighted by Crippen LogP contribution is -2.41. The summed E-state index contributed by atoms with van der Waals surface area (Å²) in [5.74, 6) is -1.26. The number of piperidine rings is 1. The summed E-state index contributed by atoms with van der Waals surface area (Å²) >= 11 is 0. The van der Waals surface area contributed by atoms with Crippen LogP contribution in [0.5, 0.6) is 5.88 Å². The van der Waals surface area contributed by atoms with Crippen LogP contribution >= 0.6 is 0 Å². The molecule has 1 aliphatic rings. The van der Waals surface area contributed by atoms with Crippen LogP contribution < -0.4 is 4.74 Å². The molecule has 2 aromatic rings. The number of hydrogen-bond acceptors (Lipinski definition) is 6. The van der Waals surface area contributed by atoms with E-state index in [1.807, 2.05) is 26.8 Å². The predicted octanol–water partition coefficient (Wildman–Crippen LogP) is 4.32. The summed E-state index contributed by atoms with van der Waals surface area (Å²) < 4.78 is 38.9. The number of ether oxygens (including phenoxy) is 2. The van der Waals surface area contributed by atoms with Gasteiger partial charge in [-0.15, -0.1) is 0 Å². The molecule has 1 saturated heterocycles. The number of rotatable bonds is 4. The van der Waals surface area contributed by atoms with Crippen molar-refractivity contribution in [2.24, 2.45) is 0 Å². The first-order valence-electron chi connectivity index (χ1n) is 9.98. The molecule has 31 heavy (non-hydrogen) atoms. The van der Waals surface area contributed by atoms with Crippen molar-refractivity contribution < 1.29 is 23.0 Å². The molecule has 0 saturated carbocycles.